The molecule has 0 saturated heterocycles. The van der Waals surface area contributed by atoms with Gasteiger partial charge >= 0.3 is 17.4 Å². The number of hydrogen-bond donors (Lipinski definition) is 1. The maximum atomic E-state index is 13.5. The summed E-state index contributed by atoms with van der Waals surface area (Å²) in [5, 5.41) is 10.3. The third-order valence-corrected chi connectivity index (χ3v) is 6.23. The Bertz CT molecular complexity index is 1250. The van der Waals surface area contributed by atoms with Gasteiger partial charge < -0.3 is 24.4 Å². The first-order valence-electron chi connectivity index (χ1n) is 10.1. The fraction of sp³-hybridized carbons (Fsp3) is 0.381. The lowest BCUT2D eigenvalue weighted by atomic mass is 10.1. The van der Waals surface area contributed by atoms with Gasteiger partial charge in [-0.15, -0.1) is 0 Å². The van der Waals surface area contributed by atoms with E-state index in [1.807, 2.05) is 0 Å². The van der Waals surface area contributed by atoms with Gasteiger partial charge in [0.2, 0.25) is 5.75 Å². The monoisotopic (exact) mass is 477 g/mol. The third kappa shape index (κ3) is 3.71. The highest BCUT2D eigenvalue weighted by molar-refractivity contribution is 6.34. The first-order chi connectivity index (χ1) is 15.5. The Morgan fingerprint density at radius 1 is 1.24 bits per heavy atom. The van der Waals surface area contributed by atoms with Crippen molar-refractivity contribution in [1.29, 1.82) is 0 Å². The van der Waals surface area contributed by atoms with Crippen LogP contribution in [-0.4, -0.2) is 74.8 Å². The molecule has 0 radical (unpaired) electrons. The molecule has 4 rings (SSSR count). The number of hydrogen-bond acceptors (Lipinski definition) is 6. The molecule has 1 N–H and O–H groups in total. The smallest absolute Gasteiger partial charge is 0.315 e. The predicted molar refractivity (Wildman–Crippen MR) is 114 cm³/mol. The number of rotatable bonds is 3. The predicted octanol–water partition coefficient (Wildman–Crippen LogP) is 0.930. The molecular formula is C21H21ClFN5O5. The fourth-order valence-corrected chi connectivity index (χ4v) is 4.47. The normalized spacial score (nSPS) is 18.8. The Balaban J connectivity index is 1.71. The molecule has 3 heterocycles. The molecule has 174 valence electrons. The molecule has 10 nitrogen and oxygen atoms in total. The van der Waals surface area contributed by atoms with E-state index in [1.165, 1.54) is 53.7 Å². The van der Waals surface area contributed by atoms with Gasteiger partial charge in [-0.1, -0.05) is 17.7 Å². The van der Waals surface area contributed by atoms with Gasteiger partial charge in [0.15, 0.2) is 5.69 Å². The second-order valence-corrected chi connectivity index (χ2v) is 8.70. The van der Waals surface area contributed by atoms with Gasteiger partial charge in [-0.3, -0.25) is 19.2 Å². The van der Waals surface area contributed by atoms with Crippen LogP contribution < -0.4 is 5.56 Å². The first kappa shape index (κ1) is 22.7. The minimum atomic E-state index is -0.998. The highest BCUT2D eigenvalue weighted by atomic mass is 35.5. The standard InChI is InChI=1S/C21H21ClFN5O5/c1-25(2)20(32)21(33)26(3)14-7-11-9-27(8-10-4-5-13(23)12(22)6-10)19(31)15-16(29)18(30)24-17(14)28(11)15/h4-6,11,14,29H,7-9H2,1-3H3. The SMILES string of the molecule is CN(C)C(=O)C(=O)N(C)C1CC2CN(Cc3ccc(F)c(Cl)c3)C(=O)c3c(O)c(=O)nc1n32. The van der Waals surface area contributed by atoms with Crippen LogP contribution in [0.1, 0.15) is 40.4 Å². The summed E-state index contributed by atoms with van der Waals surface area (Å²) in [6, 6.07) is 2.94. The van der Waals surface area contributed by atoms with Gasteiger partial charge in [0, 0.05) is 34.2 Å². The van der Waals surface area contributed by atoms with Crippen molar-refractivity contribution in [3.05, 3.63) is 56.5 Å². The van der Waals surface area contributed by atoms with Crippen LogP contribution in [0, 0.1) is 5.82 Å². The molecule has 2 aliphatic heterocycles. The van der Waals surface area contributed by atoms with Crippen molar-refractivity contribution >= 4 is 29.3 Å². The molecule has 2 unspecified atom stereocenters. The molecule has 3 amide bonds. The Labute approximate surface area is 192 Å². The molecule has 2 atom stereocenters. The van der Waals surface area contributed by atoms with Crippen molar-refractivity contribution in [3.8, 4) is 5.75 Å². The number of likely N-dealkylation sites (N-methyl/N-ethyl adjacent to an activating group) is 2. The van der Waals surface area contributed by atoms with E-state index in [2.05, 4.69) is 4.98 Å². The van der Waals surface area contributed by atoms with Gasteiger partial charge in [-0.2, -0.15) is 4.98 Å². The van der Waals surface area contributed by atoms with Crippen LogP contribution in [0.5, 0.6) is 5.75 Å². The number of nitrogens with zero attached hydrogens (tertiary/aromatic N) is 5. The molecule has 0 saturated carbocycles. The third-order valence-electron chi connectivity index (χ3n) is 5.94. The quantitative estimate of drug-likeness (QED) is 0.657. The summed E-state index contributed by atoms with van der Waals surface area (Å²) in [5.41, 5.74) is -0.656. The van der Waals surface area contributed by atoms with Gasteiger partial charge in [-0.25, -0.2) is 4.39 Å². The zero-order valence-electron chi connectivity index (χ0n) is 18.1. The molecule has 0 bridgehead atoms. The zero-order valence-corrected chi connectivity index (χ0v) is 18.8. The Kier molecular flexibility index (Phi) is 5.61. The molecule has 1 aromatic carbocycles. The molecule has 12 heteroatoms. The van der Waals surface area contributed by atoms with Gasteiger partial charge in [0.25, 0.3) is 5.91 Å². The van der Waals surface area contributed by atoms with Crippen LogP contribution in [0.3, 0.4) is 0 Å². The molecule has 2 aliphatic rings. The highest BCUT2D eigenvalue weighted by Gasteiger charge is 2.45. The number of carbonyl (C=O) groups excluding carboxylic acids is 3. The Hall–Kier alpha value is -3.47. The number of carbonyl (C=O) groups is 3. The maximum absolute atomic E-state index is 13.5. The van der Waals surface area contributed by atoms with Crippen molar-refractivity contribution in [2.45, 2.75) is 25.0 Å². The molecule has 2 aromatic rings. The topological polar surface area (TPSA) is 116 Å². The lowest BCUT2D eigenvalue weighted by Gasteiger charge is -2.33. The van der Waals surface area contributed by atoms with Crippen molar-refractivity contribution in [1.82, 2.24) is 24.3 Å². The zero-order chi connectivity index (χ0) is 24.2. The lowest BCUT2D eigenvalue weighted by Crippen LogP contribution is -2.43. The molecule has 1 aromatic heterocycles. The van der Waals surface area contributed by atoms with E-state index in [4.69, 9.17) is 11.6 Å². The van der Waals surface area contributed by atoms with Crippen LogP contribution in [-0.2, 0) is 16.1 Å². The summed E-state index contributed by atoms with van der Waals surface area (Å²) in [7, 11) is 4.33. The largest absolute Gasteiger partial charge is 0.501 e. The second kappa shape index (κ2) is 8.14. The van der Waals surface area contributed by atoms with Crippen molar-refractivity contribution < 1.29 is 23.9 Å². The van der Waals surface area contributed by atoms with Gasteiger partial charge in [0.05, 0.1) is 17.1 Å². The van der Waals surface area contributed by atoms with Crippen LogP contribution in [0.15, 0.2) is 23.0 Å². The average Bonchev–Trinajstić information content (AvgIpc) is 3.12. The summed E-state index contributed by atoms with van der Waals surface area (Å²) >= 11 is 5.85. The van der Waals surface area contributed by atoms with E-state index in [1.54, 1.807) is 0 Å². The van der Waals surface area contributed by atoms with Crippen LogP contribution in [0.4, 0.5) is 4.39 Å². The minimum absolute atomic E-state index is 0.0686. The minimum Gasteiger partial charge on any atom is -0.501 e. The summed E-state index contributed by atoms with van der Waals surface area (Å²) in [5.74, 6) is -3.37. The summed E-state index contributed by atoms with van der Waals surface area (Å²) in [6.07, 6.45) is 0.278. The van der Waals surface area contributed by atoms with Crippen LogP contribution in [0.25, 0.3) is 0 Å². The van der Waals surface area contributed by atoms with Crippen LogP contribution >= 0.6 is 11.6 Å². The molecule has 0 spiro atoms. The average molecular weight is 478 g/mol. The molecule has 0 fully saturated rings. The highest BCUT2D eigenvalue weighted by Crippen LogP contribution is 2.42. The van der Waals surface area contributed by atoms with Gasteiger partial charge in [0.1, 0.15) is 11.6 Å². The number of benzene rings is 1. The van der Waals surface area contributed by atoms with E-state index in [9.17, 15) is 28.7 Å². The van der Waals surface area contributed by atoms with E-state index in [0.29, 0.717) is 5.56 Å². The molecular weight excluding hydrogens is 457 g/mol. The fourth-order valence-electron chi connectivity index (χ4n) is 4.27. The lowest BCUT2D eigenvalue weighted by molar-refractivity contribution is -0.150. The van der Waals surface area contributed by atoms with Crippen molar-refractivity contribution in [2.75, 3.05) is 27.7 Å². The second-order valence-electron chi connectivity index (χ2n) is 8.30. The summed E-state index contributed by atoms with van der Waals surface area (Å²) < 4.78 is 15.0. The van der Waals surface area contributed by atoms with Crippen molar-refractivity contribution in [3.63, 3.8) is 0 Å². The Morgan fingerprint density at radius 2 is 1.94 bits per heavy atom. The van der Waals surface area contributed by atoms with Crippen LogP contribution in [0.2, 0.25) is 5.02 Å². The van der Waals surface area contributed by atoms with Crippen molar-refractivity contribution in [2.24, 2.45) is 0 Å². The summed E-state index contributed by atoms with van der Waals surface area (Å²) in [6.45, 7) is 0.261. The molecule has 33 heavy (non-hydrogen) atoms. The maximum Gasteiger partial charge on any atom is 0.315 e. The number of aromatic nitrogens is 2. The number of halogens is 2. The van der Waals surface area contributed by atoms with Gasteiger partial charge in [-0.05, 0) is 24.1 Å². The number of amides is 3. The number of aromatic hydroxyl groups is 1. The summed E-state index contributed by atoms with van der Waals surface area (Å²) in [4.78, 5) is 58.0. The van der Waals surface area contributed by atoms with E-state index in [-0.39, 0.29) is 36.1 Å². The first-order valence-corrected chi connectivity index (χ1v) is 10.5. The van der Waals surface area contributed by atoms with E-state index < -0.39 is 46.9 Å². The van der Waals surface area contributed by atoms with E-state index in [0.717, 1.165) is 4.90 Å². The Morgan fingerprint density at radius 3 is 2.58 bits per heavy atom. The molecule has 0 aliphatic carbocycles. The van der Waals surface area contributed by atoms with E-state index >= 15 is 0 Å².